The van der Waals surface area contributed by atoms with Crippen molar-refractivity contribution in [2.75, 3.05) is 7.11 Å². The smallest absolute Gasteiger partial charge is 0.132 e. The van der Waals surface area contributed by atoms with E-state index in [1.54, 1.807) is 13.4 Å². The number of hydrogen-bond donors (Lipinski definition) is 1. The van der Waals surface area contributed by atoms with Crippen LogP contribution in [0.3, 0.4) is 0 Å². The number of aliphatic imine (C=N–C) groups is 1. The van der Waals surface area contributed by atoms with Crippen LogP contribution in [0.25, 0.3) is 0 Å². The largest absolute Gasteiger partial charge is 0.305 e. The van der Waals surface area contributed by atoms with Crippen molar-refractivity contribution in [1.29, 1.82) is 0 Å². The van der Waals surface area contributed by atoms with Crippen LogP contribution in [0.4, 0.5) is 5.69 Å². The van der Waals surface area contributed by atoms with Crippen molar-refractivity contribution in [3.8, 4) is 0 Å². The fourth-order valence-electron chi connectivity index (χ4n) is 1.34. The molecule has 0 saturated heterocycles. The summed E-state index contributed by atoms with van der Waals surface area (Å²) in [4.78, 5) is 9.21. The van der Waals surface area contributed by atoms with E-state index in [9.17, 15) is 0 Å². The maximum absolute atomic E-state index is 5.91. The van der Waals surface area contributed by atoms with E-state index in [1.165, 1.54) is 5.06 Å². The van der Waals surface area contributed by atoms with Gasteiger partial charge in [0.05, 0.1) is 12.8 Å². The fraction of sp³-hybridized carbons (Fsp3) is 0.222. The molecule has 13 heavy (non-hydrogen) atoms. The molecule has 0 bridgehead atoms. The Bertz CT molecular complexity index is 337. The SMILES string of the molecule is CON1C=Nc2ccccc2C1N. The molecule has 1 aromatic carbocycles. The molecule has 0 saturated carbocycles. The van der Waals surface area contributed by atoms with Crippen molar-refractivity contribution in [3.05, 3.63) is 29.8 Å². The van der Waals surface area contributed by atoms with Crippen molar-refractivity contribution < 1.29 is 4.84 Å². The minimum Gasteiger partial charge on any atom is -0.305 e. The monoisotopic (exact) mass is 177 g/mol. The zero-order chi connectivity index (χ0) is 9.26. The van der Waals surface area contributed by atoms with Gasteiger partial charge in [-0.1, -0.05) is 18.2 Å². The predicted molar refractivity (Wildman–Crippen MR) is 50.4 cm³/mol. The molecule has 2 rings (SSSR count). The number of nitrogens with two attached hydrogens (primary N) is 1. The highest BCUT2D eigenvalue weighted by atomic mass is 16.7. The minimum atomic E-state index is -0.265. The maximum Gasteiger partial charge on any atom is 0.132 e. The molecule has 1 aromatic rings. The summed E-state index contributed by atoms with van der Waals surface area (Å²) < 4.78 is 0. The van der Waals surface area contributed by atoms with E-state index in [0.717, 1.165) is 11.3 Å². The van der Waals surface area contributed by atoms with Crippen LogP contribution >= 0.6 is 0 Å². The van der Waals surface area contributed by atoms with E-state index < -0.39 is 0 Å². The Balaban J connectivity index is 2.42. The highest BCUT2D eigenvalue weighted by Gasteiger charge is 2.19. The fourth-order valence-corrected chi connectivity index (χ4v) is 1.34. The van der Waals surface area contributed by atoms with Crippen LogP contribution in [0.5, 0.6) is 0 Å². The number of para-hydroxylation sites is 1. The van der Waals surface area contributed by atoms with Gasteiger partial charge in [-0.25, -0.2) is 10.1 Å². The van der Waals surface area contributed by atoms with Crippen molar-refractivity contribution in [2.45, 2.75) is 6.17 Å². The molecule has 0 radical (unpaired) electrons. The van der Waals surface area contributed by atoms with E-state index >= 15 is 0 Å². The second-order valence-electron chi connectivity index (χ2n) is 2.79. The first-order chi connectivity index (χ1) is 6.33. The van der Waals surface area contributed by atoms with Crippen LogP contribution in [-0.2, 0) is 4.84 Å². The standard InChI is InChI=1S/C9H11N3O/c1-13-12-6-11-8-5-3-2-4-7(8)9(12)10/h2-6,9H,10H2,1H3. The van der Waals surface area contributed by atoms with Crippen LogP contribution in [0.1, 0.15) is 11.7 Å². The Morgan fingerprint density at radius 1 is 1.46 bits per heavy atom. The molecule has 0 fully saturated rings. The van der Waals surface area contributed by atoms with Gasteiger partial charge < -0.3 is 5.73 Å². The third-order valence-electron chi connectivity index (χ3n) is 2.05. The molecule has 1 aliphatic heterocycles. The maximum atomic E-state index is 5.91. The minimum absolute atomic E-state index is 0.265. The van der Waals surface area contributed by atoms with Gasteiger partial charge in [-0.15, -0.1) is 0 Å². The van der Waals surface area contributed by atoms with Gasteiger partial charge in [-0.05, 0) is 6.07 Å². The first kappa shape index (κ1) is 8.22. The van der Waals surface area contributed by atoms with Gasteiger partial charge in [-0.2, -0.15) is 0 Å². The molecule has 0 spiro atoms. The highest BCUT2D eigenvalue weighted by molar-refractivity contribution is 5.67. The van der Waals surface area contributed by atoms with Gasteiger partial charge in [0, 0.05) is 5.56 Å². The van der Waals surface area contributed by atoms with Gasteiger partial charge in [0.2, 0.25) is 0 Å². The lowest BCUT2D eigenvalue weighted by Crippen LogP contribution is -2.34. The molecule has 4 heteroatoms. The Labute approximate surface area is 76.6 Å². The van der Waals surface area contributed by atoms with E-state index in [0.29, 0.717) is 0 Å². The van der Waals surface area contributed by atoms with Crippen molar-refractivity contribution in [3.63, 3.8) is 0 Å². The molecule has 0 amide bonds. The third-order valence-corrected chi connectivity index (χ3v) is 2.05. The van der Waals surface area contributed by atoms with Gasteiger partial charge in [-0.3, -0.25) is 4.84 Å². The normalized spacial score (nSPS) is 20.2. The molecule has 2 N–H and O–H groups in total. The average Bonchev–Trinajstić information content (AvgIpc) is 2.19. The summed E-state index contributed by atoms with van der Waals surface area (Å²) in [7, 11) is 1.57. The number of hydroxylamine groups is 2. The lowest BCUT2D eigenvalue weighted by Gasteiger charge is -2.28. The number of nitrogens with zero attached hydrogens (tertiary/aromatic N) is 2. The van der Waals surface area contributed by atoms with Crippen LogP contribution in [0.15, 0.2) is 29.3 Å². The van der Waals surface area contributed by atoms with Crippen molar-refractivity contribution >= 4 is 12.0 Å². The molecule has 68 valence electrons. The number of hydrogen-bond acceptors (Lipinski definition) is 4. The van der Waals surface area contributed by atoms with Crippen LogP contribution in [0, 0.1) is 0 Å². The average molecular weight is 177 g/mol. The molecule has 1 unspecified atom stereocenters. The van der Waals surface area contributed by atoms with Gasteiger partial charge in [0.15, 0.2) is 0 Å². The highest BCUT2D eigenvalue weighted by Crippen LogP contribution is 2.28. The van der Waals surface area contributed by atoms with Crippen molar-refractivity contribution in [2.24, 2.45) is 10.7 Å². The Hall–Kier alpha value is -1.39. The second-order valence-corrected chi connectivity index (χ2v) is 2.79. The summed E-state index contributed by atoms with van der Waals surface area (Å²) in [5.41, 5.74) is 7.80. The zero-order valence-corrected chi connectivity index (χ0v) is 7.34. The number of fused-ring (bicyclic) bond motifs is 1. The summed E-state index contributed by atoms with van der Waals surface area (Å²) in [5.74, 6) is 0. The van der Waals surface area contributed by atoms with E-state index in [4.69, 9.17) is 10.6 Å². The predicted octanol–water partition coefficient (Wildman–Crippen LogP) is 1.18. The molecule has 1 heterocycles. The molecule has 4 nitrogen and oxygen atoms in total. The molecular formula is C9H11N3O. The molecule has 0 aliphatic carbocycles. The van der Waals surface area contributed by atoms with Crippen molar-refractivity contribution in [1.82, 2.24) is 5.06 Å². The Morgan fingerprint density at radius 2 is 2.23 bits per heavy atom. The van der Waals surface area contributed by atoms with Gasteiger partial charge in [0.25, 0.3) is 0 Å². The first-order valence-electron chi connectivity index (χ1n) is 4.04. The van der Waals surface area contributed by atoms with E-state index in [1.807, 2.05) is 24.3 Å². The zero-order valence-electron chi connectivity index (χ0n) is 7.34. The third kappa shape index (κ3) is 1.30. The number of benzene rings is 1. The second kappa shape index (κ2) is 3.16. The summed E-state index contributed by atoms with van der Waals surface area (Å²) in [6, 6.07) is 7.75. The van der Waals surface area contributed by atoms with Crippen LogP contribution in [0.2, 0.25) is 0 Å². The lowest BCUT2D eigenvalue weighted by molar-refractivity contribution is -0.0932. The van der Waals surface area contributed by atoms with Gasteiger partial charge in [0.1, 0.15) is 12.5 Å². The van der Waals surface area contributed by atoms with Crippen LogP contribution < -0.4 is 5.73 Å². The molecule has 1 aliphatic rings. The first-order valence-corrected chi connectivity index (χ1v) is 4.04. The molecular weight excluding hydrogens is 166 g/mol. The summed E-state index contributed by atoms with van der Waals surface area (Å²) in [6.45, 7) is 0. The molecule has 1 atom stereocenters. The summed E-state index contributed by atoms with van der Waals surface area (Å²) in [5, 5.41) is 1.52. The number of rotatable bonds is 1. The summed E-state index contributed by atoms with van der Waals surface area (Å²) in [6.07, 6.45) is 1.33. The van der Waals surface area contributed by atoms with Crippen LogP contribution in [-0.4, -0.2) is 18.5 Å². The van der Waals surface area contributed by atoms with Gasteiger partial charge >= 0.3 is 0 Å². The quantitative estimate of drug-likeness (QED) is 0.700. The summed E-state index contributed by atoms with van der Waals surface area (Å²) >= 11 is 0. The van der Waals surface area contributed by atoms with E-state index in [2.05, 4.69) is 4.99 Å². The Kier molecular flexibility index (Phi) is 2.00. The topological polar surface area (TPSA) is 50.8 Å². The van der Waals surface area contributed by atoms with E-state index in [-0.39, 0.29) is 6.17 Å². The lowest BCUT2D eigenvalue weighted by atomic mass is 10.1. The Morgan fingerprint density at radius 3 is 3.00 bits per heavy atom. The molecule has 0 aromatic heterocycles.